The third kappa shape index (κ3) is 5.97. The first kappa shape index (κ1) is 18.3. The molecule has 0 amide bonds. The van der Waals surface area contributed by atoms with Gasteiger partial charge >= 0.3 is 8.56 Å². The van der Waals surface area contributed by atoms with Gasteiger partial charge in [-0.3, -0.25) is 0 Å². The third-order valence-electron chi connectivity index (χ3n) is 3.95. The van der Waals surface area contributed by atoms with Crippen LogP contribution in [-0.2, 0) is 8.54 Å². The largest absolute Gasteiger partial charge is 0.433 e. The smallest absolute Gasteiger partial charge is 0.321 e. The van der Waals surface area contributed by atoms with Crippen molar-refractivity contribution >= 4 is 25.0 Å². The molecule has 0 saturated carbocycles. The zero-order valence-corrected chi connectivity index (χ0v) is 16.6. The molecule has 0 rings (SSSR count). The Bertz CT molecular complexity index is 263. The summed E-state index contributed by atoms with van der Waals surface area (Å²) in [6.07, 6.45) is 0. The van der Waals surface area contributed by atoms with Gasteiger partial charge < -0.3 is 8.54 Å². The van der Waals surface area contributed by atoms with E-state index in [1.807, 2.05) is 0 Å². The van der Waals surface area contributed by atoms with Crippen LogP contribution in [0.3, 0.4) is 0 Å². The van der Waals surface area contributed by atoms with Crippen molar-refractivity contribution in [3.05, 3.63) is 11.4 Å². The van der Waals surface area contributed by atoms with E-state index in [1.165, 1.54) is 18.1 Å². The molecule has 0 spiro atoms. The molecule has 0 aromatic carbocycles. The summed E-state index contributed by atoms with van der Waals surface area (Å²) in [7, 11) is -3.04. The number of hydrogen-bond donors (Lipinski definition) is 0. The summed E-state index contributed by atoms with van der Waals surface area (Å²) < 4.78 is 11.8. The Morgan fingerprint density at radius 2 is 1.28 bits per heavy atom. The van der Waals surface area contributed by atoms with Crippen molar-refractivity contribution in [2.45, 2.75) is 65.1 Å². The standard InChI is InChI=1S/C13H32O2Si3/c1-9-18(10-2,11-3)13-12-16(5,6)15-17(7,8)14-4/h12-13H,9-11H2,1-8H3. The van der Waals surface area contributed by atoms with Crippen LogP contribution in [0, 0.1) is 0 Å². The molecule has 0 heterocycles. The maximum absolute atomic E-state index is 6.29. The van der Waals surface area contributed by atoms with Crippen LogP contribution in [0.4, 0.5) is 0 Å². The number of hydrogen-bond acceptors (Lipinski definition) is 2. The Morgan fingerprint density at radius 3 is 1.61 bits per heavy atom. The summed E-state index contributed by atoms with van der Waals surface area (Å²) in [5, 5.41) is 0. The average molecular weight is 305 g/mol. The van der Waals surface area contributed by atoms with Gasteiger partial charge in [0.05, 0.1) is 8.07 Å². The predicted molar refractivity (Wildman–Crippen MR) is 89.4 cm³/mol. The molecule has 5 heteroatoms. The summed E-state index contributed by atoms with van der Waals surface area (Å²) in [6, 6.07) is 4.02. The van der Waals surface area contributed by atoms with Crippen molar-refractivity contribution in [1.29, 1.82) is 0 Å². The maximum Gasteiger partial charge on any atom is 0.321 e. The van der Waals surface area contributed by atoms with Crippen LogP contribution in [0.1, 0.15) is 20.8 Å². The van der Waals surface area contributed by atoms with Gasteiger partial charge in [-0.1, -0.05) is 50.3 Å². The Morgan fingerprint density at radius 1 is 0.833 bits per heavy atom. The van der Waals surface area contributed by atoms with E-state index in [-0.39, 0.29) is 0 Å². The van der Waals surface area contributed by atoms with Gasteiger partial charge in [-0.25, -0.2) is 0 Å². The van der Waals surface area contributed by atoms with Gasteiger partial charge in [-0.15, -0.1) is 0 Å². The molecule has 0 aliphatic rings. The molecule has 2 nitrogen and oxygen atoms in total. The molecule has 0 saturated heterocycles. The lowest BCUT2D eigenvalue weighted by atomic mass is 10.9. The Balaban J connectivity index is 4.84. The lowest BCUT2D eigenvalue weighted by Gasteiger charge is -2.31. The molecule has 0 aliphatic carbocycles. The van der Waals surface area contributed by atoms with Crippen molar-refractivity contribution in [1.82, 2.24) is 0 Å². The van der Waals surface area contributed by atoms with Crippen molar-refractivity contribution in [2.75, 3.05) is 7.11 Å². The van der Waals surface area contributed by atoms with Gasteiger partial charge in [0.2, 0.25) is 0 Å². The molecule has 0 unspecified atom stereocenters. The Labute approximate surface area is 117 Å². The van der Waals surface area contributed by atoms with Crippen LogP contribution < -0.4 is 0 Å². The van der Waals surface area contributed by atoms with E-state index >= 15 is 0 Å². The van der Waals surface area contributed by atoms with Gasteiger partial charge in [0.1, 0.15) is 0 Å². The van der Waals surface area contributed by atoms with Crippen molar-refractivity contribution in [3.8, 4) is 0 Å². The minimum absolute atomic E-state index is 1.16. The van der Waals surface area contributed by atoms with Gasteiger partial charge in [-0.05, 0) is 26.2 Å². The zero-order valence-electron chi connectivity index (χ0n) is 13.6. The molecule has 0 fully saturated rings. The van der Waals surface area contributed by atoms with E-state index in [0.717, 1.165) is 0 Å². The summed E-state index contributed by atoms with van der Waals surface area (Å²) in [5.74, 6) is 0. The lowest BCUT2D eigenvalue weighted by Crippen LogP contribution is -2.45. The van der Waals surface area contributed by atoms with E-state index in [9.17, 15) is 0 Å². The van der Waals surface area contributed by atoms with Crippen molar-refractivity contribution < 1.29 is 8.54 Å². The van der Waals surface area contributed by atoms with Gasteiger partial charge in [0.15, 0.2) is 8.32 Å². The molecule has 0 N–H and O–H groups in total. The van der Waals surface area contributed by atoms with Crippen molar-refractivity contribution in [2.24, 2.45) is 0 Å². The Kier molecular flexibility index (Phi) is 7.31. The highest BCUT2D eigenvalue weighted by Crippen LogP contribution is 2.24. The van der Waals surface area contributed by atoms with Crippen molar-refractivity contribution in [3.63, 3.8) is 0 Å². The fourth-order valence-corrected chi connectivity index (χ4v) is 13.1. The van der Waals surface area contributed by atoms with E-state index in [2.05, 4.69) is 58.4 Å². The highest BCUT2D eigenvalue weighted by molar-refractivity contribution is 6.89. The molecule has 18 heavy (non-hydrogen) atoms. The van der Waals surface area contributed by atoms with E-state index in [4.69, 9.17) is 8.54 Å². The fraction of sp³-hybridized carbons (Fsp3) is 0.846. The summed E-state index contributed by atoms with van der Waals surface area (Å²) in [4.78, 5) is 0. The van der Waals surface area contributed by atoms with E-state index in [0.29, 0.717) is 0 Å². The number of rotatable bonds is 8. The molecular weight excluding hydrogens is 272 g/mol. The second-order valence-corrected chi connectivity index (χ2v) is 18.8. The topological polar surface area (TPSA) is 18.5 Å². The second-order valence-electron chi connectivity index (χ2n) is 6.07. The normalized spacial score (nSPS) is 14.4. The predicted octanol–water partition coefficient (Wildman–Crippen LogP) is 4.70. The summed E-state index contributed by atoms with van der Waals surface area (Å²) in [6.45, 7) is 15.8. The summed E-state index contributed by atoms with van der Waals surface area (Å²) in [5.41, 5.74) is 4.98. The van der Waals surface area contributed by atoms with Crippen LogP contribution >= 0.6 is 0 Å². The highest BCUT2D eigenvalue weighted by atomic mass is 28.4. The molecule has 0 aromatic heterocycles. The zero-order chi connectivity index (χ0) is 14.4. The van der Waals surface area contributed by atoms with Gasteiger partial charge in [-0.2, -0.15) is 0 Å². The van der Waals surface area contributed by atoms with E-state index < -0.39 is 25.0 Å². The molecule has 0 atom stereocenters. The molecule has 0 aliphatic heterocycles. The van der Waals surface area contributed by atoms with Gasteiger partial charge in [0, 0.05) is 7.11 Å². The van der Waals surface area contributed by atoms with Crippen LogP contribution in [-0.4, -0.2) is 32.1 Å². The Hall–Kier alpha value is 0.311. The fourth-order valence-electron chi connectivity index (χ4n) is 2.19. The van der Waals surface area contributed by atoms with Crippen LogP contribution in [0.5, 0.6) is 0 Å². The van der Waals surface area contributed by atoms with E-state index in [1.54, 1.807) is 7.11 Å². The monoisotopic (exact) mass is 304 g/mol. The molecule has 0 bridgehead atoms. The average Bonchev–Trinajstić information content (AvgIpc) is 2.30. The molecule has 0 aromatic rings. The molecule has 0 radical (unpaired) electrons. The summed E-state index contributed by atoms with van der Waals surface area (Å²) >= 11 is 0. The first-order valence-electron chi connectivity index (χ1n) is 7.11. The minimum Gasteiger partial charge on any atom is -0.433 e. The first-order chi connectivity index (χ1) is 8.16. The third-order valence-corrected chi connectivity index (χ3v) is 15.4. The highest BCUT2D eigenvalue weighted by Gasteiger charge is 2.33. The lowest BCUT2D eigenvalue weighted by molar-refractivity contribution is 0.313. The first-order valence-corrected chi connectivity index (χ1v) is 15.6. The quantitative estimate of drug-likeness (QED) is 0.605. The maximum atomic E-state index is 6.29. The van der Waals surface area contributed by atoms with Crippen LogP contribution in [0.2, 0.25) is 44.3 Å². The van der Waals surface area contributed by atoms with Crippen LogP contribution in [0.25, 0.3) is 0 Å². The molecule has 108 valence electrons. The second kappa shape index (κ2) is 7.19. The SMILES string of the molecule is CC[Si](C=C[Si](C)(C)O[Si](C)(C)OC)(CC)CC. The van der Waals surface area contributed by atoms with Crippen LogP contribution in [0.15, 0.2) is 11.4 Å². The minimum atomic E-state index is -1.91. The van der Waals surface area contributed by atoms with Gasteiger partial charge in [0.25, 0.3) is 0 Å². The molecular formula is C13H32O2Si3.